The number of allylic oxidation sites excluding steroid dienone is 2. The van der Waals surface area contributed by atoms with Gasteiger partial charge in [0.05, 0.1) is 11.2 Å². The Morgan fingerprint density at radius 1 is 1.12 bits per heavy atom. The Morgan fingerprint density at radius 3 is 2.45 bits per heavy atom. The zero-order chi connectivity index (χ0) is 24.2. The number of benzene rings is 2. The largest absolute Gasteiger partial charge is 0.370 e. The van der Waals surface area contributed by atoms with Crippen LogP contribution in [0.2, 0.25) is 0 Å². The van der Waals surface area contributed by atoms with Crippen molar-refractivity contribution in [2.75, 3.05) is 0 Å². The van der Waals surface area contributed by atoms with Crippen LogP contribution in [-0.4, -0.2) is 17.0 Å². The Balaban J connectivity index is 1.74. The Kier molecular flexibility index (Phi) is 8.00. The molecule has 0 atom stereocenters. The summed E-state index contributed by atoms with van der Waals surface area (Å²) < 4.78 is 6.41. The second kappa shape index (κ2) is 10.4. The van der Waals surface area contributed by atoms with E-state index in [0.717, 1.165) is 24.8 Å². The van der Waals surface area contributed by atoms with E-state index in [1.165, 1.54) is 40.7 Å². The fourth-order valence-electron chi connectivity index (χ4n) is 5.11. The summed E-state index contributed by atoms with van der Waals surface area (Å²) in [7, 11) is 0. The van der Waals surface area contributed by atoms with Crippen molar-refractivity contribution >= 4 is 5.78 Å². The number of ether oxygens (including phenoxy) is 1. The van der Waals surface area contributed by atoms with Crippen LogP contribution in [0.3, 0.4) is 0 Å². The summed E-state index contributed by atoms with van der Waals surface area (Å²) in [5, 5.41) is 0. The monoisotopic (exact) mass is 446 g/mol. The number of rotatable bonds is 7. The predicted octanol–water partition coefficient (Wildman–Crippen LogP) is 8.36. The van der Waals surface area contributed by atoms with Crippen LogP contribution >= 0.6 is 0 Å². The summed E-state index contributed by atoms with van der Waals surface area (Å²) in [6.07, 6.45) is 7.79. The molecule has 0 bridgehead atoms. The Hall–Kier alpha value is -2.19. The maximum absolute atomic E-state index is 12.2. The van der Waals surface area contributed by atoms with Crippen LogP contribution in [0.15, 0.2) is 54.1 Å². The van der Waals surface area contributed by atoms with Gasteiger partial charge in [0.15, 0.2) is 5.78 Å². The lowest BCUT2D eigenvalue weighted by Gasteiger charge is -2.42. The highest BCUT2D eigenvalue weighted by Gasteiger charge is 2.35. The van der Waals surface area contributed by atoms with Crippen LogP contribution in [0, 0.1) is 6.92 Å². The van der Waals surface area contributed by atoms with E-state index >= 15 is 0 Å². The summed E-state index contributed by atoms with van der Waals surface area (Å²) in [6.45, 7) is 14.7. The van der Waals surface area contributed by atoms with E-state index in [-0.39, 0.29) is 17.0 Å². The smallest absolute Gasteiger partial charge is 0.158 e. The number of hydrogen-bond donors (Lipinski definition) is 0. The van der Waals surface area contributed by atoms with E-state index in [0.29, 0.717) is 12.3 Å². The van der Waals surface area contributed by atoms with Gasteiger partial charge < -0.3 is 4.74 Å². The van der Waals surface area contributed by atoms with E-state index in [1.54, 1.807) is 0 Å². The van der Waals surface area contributed by atoms with Gasteiger partial charge in [-0.25, -0.2) is 0 Å². The highest BCUT2D eigenvalue weighted by atomic mass is 16.5. The highest BCUT2D eigenvalue weighted by Crippen LogP contribution is 2.42. The third-order valence-electron chi connectivity index (χ3n) is 7.08. The third kappa shape index (κ3) is 6.90. The molecule has 2 aromatic carbocycles. The summed E-state index contributed by atoms with van der Waals surface area (Å²) in [4.78, 5) is 12.2. The van der Waals surface area contributed by atoms with Gasteiger partial charge in [-0.1, -0.05) is 48.5 Å². The molecular formula is C31H42O2. The Labute approximate surface area is 201 Å². The van der Waals surface area contributed by atoms with Crippen LogP contribution < -0.4 is 0 Å². The summed E-state index contributed by atoms with van der Waals surface area (Å²) in [5.74, 6) is 0.827. The lowest BCUT2D eigenvalue weighted by Crippen LogP contribution is -2.40. The lowest BCUT2D eigenvalue weighted by molar-refractivity contribution is -0.139. The molecule has 1 aliphatic rings. The molecule has 0 saturated heterocycles. The maximum Gasteiger partial charge on any atom is 0.158 e. The number of aryl methyl sites for hydroxylation is 2. The van der Waals surface area contributed by atoms with Gasteiger partial charge in [0.1, 0.15) is 0 Å². The molecule has 1 aliphatic carbocycles. The molecule has 178 valence electrons. The van der Waals surface area contributed by atoms with Crippen molar-refractivity contribution < 1.29 is 9.53 Å². The van der Waals surface area contributed by atoms with Crippen molar-refractivity contribution in [3.63, 3.8) is 0 Å². The van der Waals surface area contributed by atoms with Crippen LogP contribution in [0.1, 0.15) is 96.3 Å². The van der Waals surface area contributed by atoms with Crippen LogP contribution in [-0.2, 0) is 16.0 Å². The van der Waals surface area contributed by atoms with Crippen molar-refractivity contribution in [1.29, 1.82) is 0 Å². The van der Waals surface area contributed by atoms with E-state index in [4.69, 9.17) is 4.74 Å². The quantitative estimate of drug-likeness (QED) is 0.399. The fraction of sp³-hybridized carbons (Fsp3) is 0.516. The minimum atomic E-state index is -0.0970. The number of hydrogen-bond acceptors (Lipinski definition) is 2. The average molecular weight is 447 g/mol. The van der Waals surface area contributed by atoms with Crippen molar-refractivity contribution in [3.8, 4) is 11.1 Å². The van der Waals surface area contributed by atoms with Crippen molar-refractivity contribution in [3.05, 3.63) is 70.8 Å². The minimum Gasteiger partial charge on any atom is -0.370 e. The molecule has 1 fully saturated rings. The second-order valence-electron chi connectivity index (χ2n) is 11.1. The zero-order valence-electron chi connectivity index (χ0n) is 21.8. The first-order valence-electron chi connectivity index (χ1n) is 12.6. The summed E-state index contributed by atoms with van der Waals surface area (Å²) in [5.41, 5.74) is 7.25. The first-order valence-corrected chi connectivity index (χ1v) is 12.6. The molecule has 0 aromatic heterocycles. The predicted molar refractivity (Wildman–Crippen MR) is 140 cm³/mol. The molecule has 2 heteroatoms. The van der Waals surface area contributed by atoms with Crippen molar-refractivity contribution in [2.45, 2.75) is 104 Å². The Bertz CT molecular complexity index is 998. The van der Waals surface area contributed by atoms with Gasteiger partial charge in [0.25, 0.3) is 0 Å². The molecule has 0 aliphatic heterocycles. The van der Waals surface area contributed by atoms with Crippen molar-refractivity contribution in [2.24, 2.45) is 0 Å². The minimum absolute atomic E-state index is 0.0139. The molecule has 2 nitrogen and oxygen atoms in total. The average Bonchev–Trinajstić information content (AvgIpc) is 2.76. The molecule has 0 heterocycles. The lowest BCUT2D eigenvalue weighted by atomic mass is 9.76. The van der Waals surface area contributed by atoms with E-state index in [9.17, 15) is 4.79 Å². The zero-order valence-corrected chi connectivity index (χ0v) is 21.8. The first kappa shape index (κ1) is 25.4. The van der Waals surface area contributed by atoms with Gasteiger partial charge in [-0.3, -0.25) is 4.79 Å². The molecule has 0 radical (unpaired) electrons. The molecule has 0 N–H and O–H groups in total. The fourth-order valence-corrected chi connectivity index (χ4v) is 5.11. The van der Waals surface area contributed by atoms with Gasteiger partial charge in [0, 0.05) is 6.42 Å². The number of carbonyl (C=O) groups is 1. The highest BCUT2D eigenvalue weighted by molar-refractivity contribution is 5.94. The number of carbonyl (C=O) groups excluding carboxylic acids is 1. The summed E-state index contributed by atoms with van der Waals surface area (Å²) in [6, 6.07) is 15.7. The molecule has 33 heavy (non-hydrogen) atoms. The van der Waals surface area contributed by atoms with E-state index < -0.39 is 0 Å². The van der Waals surface area contributed by atoms with Crippen LogP contribution in [0.4, 0.5) is 0 Å². The van der Waals surface area contributed by atoms with Crippen LogP contribution in [0.25, 0.3) is 11.1 Å². The molecule has 3 rings (SSSR count). The van der Waals surface area contributed by atoms with Crippen LogP contribution in [0.5, 0.6) is 0 Å². The standard InChI is InChI=1S/C31H42O2/c1-8-22(2)29(32)15-14-24-13-12-23(3)28(20-24)27-11-9-10-26(21-27)25-16-18-31(7,19-17-25)33-30(4,5)6/h8-13,20-21,25H,14-19H2,1-7H3/b22-8+. The SMILES string of the molecule is C/C=C(\C)C(=O)CCc1ccc(C)c(-c2cccc(C3CCC(C)(OC(C)(C)C)CC3)c2)c1. The van der Waals surface area contributed by atoms with Gasteiger partial charge >= 0.3 is 0 Å². The molecule has 0 spiro atoms. The molecule has 2 aromatic rings. The normalized spacial score (nSPS) is 21.8. The number of Topliss-reactive ketones (excluding diaryl/α,β-unsaturated/α-hetero) is 1. The molecule has 0 amide bonds. The third-order valence-corrected chi connectivity index (χ3v) is 7.08. The molecule has 0 unspecified atom stereocenters. The van der Waals surface area contributed by atoms with Gasteiger partial charge in [-0.2, -0.15) is 0 Å². The topological polar surface area (TPSA) is 26.3 Å². The molecular weight excluding hydrogens is 404 g/mol. The summed E-state index contributed by atoms with van der Waals surface area (Å²) >= 11 is 0. The van der Waals surface area contributed by atoms with Gasteiger partial charge in [-0.15, -0.1) is 0 Å². The van der Waals surface area contributed by atoms with E-state index in [1.807, 2.05) is 19.9 Å². The maximum atomic E-state index is 12.2. The van der Waals surface area contributed by atoms with E-state index in [2.05, 4.69) is 77.1 Å². The number of ketones is 1. The molecule has 1 saturated carbocycles. The van der Waals surface area contributed by atoms with Crippen molar-refractivity contribution in [1.82, 2.24) is 0 Å². The second-order valence-corrected chi connectivity index (χ2v) is 11.1. The Morgan fingerprint density at radius 2 is 1.82 bits per heavy atom. The van der Waals surface area contributed by atoms with Gasteiger partial charge in [-0.05, 0) is 120 Å². The first-order chi connectivity index (χ1) is 15.5. The van der Waals surface area contributed by atoms with Gasteiger partial charge in [0.2, 0.25) is 0 Å².